The van der Waals surface area contributed by atoms with Crippen LogP contribution in [0, 0.1) is 0 Å². The second-order valence-electron chi connectivity index (χ2n) is 9.46. The monoisotopic (exact) mass is 573 g/mol. The van der Waals surface area contributed by atoms with Gasteiger partial charge in [0.15, 0.2) is 19.8 Å². The van der Waals surface area contributed by atoms with Gasteiger partial charge in [-0.05, 0) is 56.2 Å². The Balaban J connectivity index is 2.10. The van der Waals surface area contributed by atoms with Gasteiger partial charge in [0.1, 0.15) is 17.2 Å². The molecule has 3 unspecified atom stereocenters. The summed E-state index contributed by atoms with van der Waals surface area (Å²) in [4.78, 5) is 36.0. The van der Waals surface area contributed by atoms with Crippen molar-refractivity contribution in [2.24, 2.45) is 0 Å². The van der Waals surface area contributed by atoms with E-state index in [0.29, 0.717) is 22.8 Å². The molecular weight excluding hydrogens is 534 g/mol. The Labute approximate surface area is 239 Å². The van der Waals surface area contributed by atoms with Crippen molar-refractivity contribution >= 4 is 29.9 Å². The molecule has 2 aromatic carbocycles. The predicted octanol–water partition coefficient (Wildman–Crippen LogP) is 0.484. The Hall–Kier alpha value is -4.13. The van der Waals surface area contributed by atoms with E-state index in [4.69, 9.17) is 29.5 Å². The Bertz CT molecular complexity index is 1110. The normalized spacial score (nSPS) is 13.1. The number of amides is 3. The molecule has 6 N–H and O–H groups in total. The van der Waals surface area contributed by atoms with E-state index in [1.807, 2.05) is 6.08 Å². The summed E-state index contributed by atoms with van der Waals surface area (Å²) in [5, 5.41) is 35.0. The first-order valence-corrected chi connectivity index (χ1v) is 13.1. The molecule has 12 heteroatoms. The molecule has 0 aliphatic heterocycles. The lowest BCUT2D eigenvalue weighted by atomic mass is 10.1. The van der Waals surface area contributed by atoms with E-state index < -0.39 is 23.9 Å². The maximum atomic E-state index is 12.1. The fourth-order valence-corrected chi connectivity index (χ4v) is 3.26. The summed E-state index contributed by atoms with van der Waals surface area (Å²) >= 11 is 0. The molecule has 41 heavy (non-hydrogen) atoms. The highest BCUT2D eigenvalue weighted by Crippen LogP contribution is 2.25. The molecule has 0 aliphatic rings. The maximum absolute atomic E-state index is 12.1. The minimum absolute atomic E-state index is 0.159. The Kier molecular flexibility index (Phi) is 14.1. The highest BCUT2D eigenvalue weighted by Gasteiger charge is 2.11. The van der Waals surface area contributed by atoms with E-state index >= 15 is 0 Å². The molecule has 0 radical (unpaired) electrons. The standard InChI is InChI=1S/C29H39N3O9/c1-19(13-33)30-27(36)16-39-24-8-6-22(7-9-24)4-5-23-10-25(40-17-28(37)31-20(2)14-34)12-26(11-23)41-18-29(38)32-21(3)15-35/h4-12,19-21,33-35H,13-18H2,1-3H3,(H,30,36)(H,31,37)(H,32,38)/b5-4+. The van der Waals surface area contributed by atoms with Crippen molar-refractivity contribution in [2.45, 2.75) is 38.9 Å². The van der Waals surface area contributed by atoms with E-state index in [1.165, 1.54) is 0 Å². The lowest BCUT2D eigenvalue weighted by Crippen LogP contribution is -2.38. The molecule has 0 aromatic heterocycles. The minimum atomic E-state index is -0.414. The Morgan fingerprint density at radius 1 is 0.610 bits per heavy atom. The molecule has 2 rings (SSSR count). The van der Waals surface area contributed by atoms with Gasteiger partial charge in [0, 0.05) is 24.2 Å². The number of hydrogen-bond donors (Lipinski definition) is 6. The second kappa shape index (κ2) is 17.5. The summed E-state index contributed by atoms with van der Waals surface area (Å²) in [6.45, 7) is 3.69. The molecule has 0 bridgehead atoms. The zero-order chi connectivity index (χ0) is 30.2. The molecule has 0 aliphatic carbocycles. The fourth-order valence-electron chi connectivity index (χ4n) is 3.26. The zero-order valence-electron chi connectivity index (χ0n) is 23.5. The van der Waals surface area contributed by atoms with Crippen LogP contribution in [-0.4, -0.2) is 90.8 Å². The smallest absolute Gasteiger partial charge is 0.258 e. The van der Waals surface area contributed by atoms with E-state index in [0.717, 1.165) is 5.56 Å². The van der Waals surface area contributed by atoms with Gasteiger partial charge in [-0.3, -0.25) is 14.4 Å². The van der Waals surface area contributed by atoms with Gasteiger partial charge in [0.05, 0.1) is 19.8 Å². The molecule has 0 saturated heterocycles. The van der Waals surface area contributed by atoms with Crippen LogP contribution in [0.3, 0.4) is 0 Å². The summed E-state index contributed by atoms with van der Waals surface area (Å²) < 4.78 is 16.7. The van der Waals surface area contributed by atoms with Gasteiger partial charge >= 0.3 is 0 Å². The zero-order valence-corrected chi connectivity index (χ0v) is 23.5. The topological polar surface area (TPSA) is 176 Å². The Morgan fingerprint density at radius 3 is 1.37 bits per heavy atom. The summed E-state index contributed by atoms with van der Waals surface area (Å²) in [6, 6.07) is 10.8. The number of carbonyl (C=O) groups excluding carboxylic acids is 3. The molecule has 0 fully saturated rings. The van der Waals surface area contributed by atoms with E-state index in [9.17, 15) is 14.4 Å². The van der Waals surface area contributed by atoms with Gasteiger partial charge in [0.2, 0.25) is 0 Å². The molecule has 12 nitrogen and oxygen atoms in total. The van der Waals surface area contributed by atoms with Crippen molar-refractivity contribution in [3.05, 3.63) is 53.6 Å². The molecule has 3 amide bonds. The lowest BCUT2D eigenvalue weighted by Gasteiger charge is -2.14. The van der Waals surface area contributed by atoms with E-state index in [-0.39, 0.29) is 51.6 Å². The van der Waals surface area contributed by atoms with E-state index in [2.05, 4.69) is 16.0 Å². The average Bonchev–Trinajstić information content (AvgIpc) is 2.97. The Morgan fingerprint density at radius 2 is 0.976 bits per heavy atom. The second-order valence-corrected chi connectivity index (χ2v) is 9.46. The van der Waals surface area contributed by atoms with Gasteiger partial charge in [0.25, 0.3) is 17.7 Å². The molecule has 2 aromatic rings. The number of benzene rings is 2. The van der Waals surface area contributed by atoms with Crippen LogP contribution in [0.5, 0.6) is 17.2 Å². The number of aliphatic hydroxyl groups excluding tert-OH is 3. The number of rotatable bonds is 17. The fraction of sp³-hybridized carbons (Fsp3) is 0.414. The number of aliphatic hydroxyl groups is 3. The van der Waals surface area contributed by atoms with Crippen LogP contribution in [-0.2, 0) is 14.4 Å². The highest BCUT2D eigenvalue weighted by molar-refractivity contribution is 5.79. The van der Waals surface area contributed by atoms with Gasteiger partial charge in [-0.15, -0.1) is 0 Å². The van der Waals surface area contributed by atoms with Crippen molar-refractivity contribution in [2.75, 3.05) is 39.6 Å². The summed E-state index contributed by atoms with van der Waals surface area (Å²) in [6.07, 6.45) is 3.62. The summed E-state index contributed by atoms with van der Waals surface area (Å²) in [5.41, 5.74) is 1.50. The number of carbonyl (C=O) groups is 3. The minimum Gasteiger partial charge on any atom is -0.484 e. The van der Waals surface area contributed by atoms with Crippen molar-refractivity contribution < 1.29 is 43.9 Å². The van der Waals surface area contributed by atoms with Crippen molar-refractivity contribution in [3.8, 4) is 17.2 Å². The molecule has 0 heterocycles. The number of ether oxygens (including phenoxy) is 3. The number of nitrogens with one attached hydrogen (secondary N) is 3. The maximum Gasteiger partial charge on any atom is 0.258 e. The van der Waals surface area contributed by atoms with Crippen LogP contribution in [0.25, 0.3) is 12.2 Å². The first-order valence-electron chi connectivity index (χ1n) is 13.1. The van der Waals surface area contributed by atoms with Crippen LogP contribution in [0.1, 0.15) is 31.9 Å². The van der Waals surface area contributed by atoms with Crippen molar-refractivity contribution in [1.29, 1.82) is 0 Å². The van der Waals surface area contributed by atoms with Crippen LogP contribution >= 0.6 is 0 Å². The SMILES string of the molecule is CC(CO)NC(=O)COc1ccc(/C=C/c2cc(OCC(=O)NC(C)CO)cc(OCC(=O)NC(C)CO)c2)cc1. The molecule has 224 valence electrons. The van der Waals surface area contributed by atoms with Gasteiger partial charge in [-0.1, -0.05) is 24.3 Å². The third-order valence-corrected chi connectivity index (χ3v) is 5.40. The molecule has 0 saturated carbocycles. The first kappa shape index (κ1) is 33.1. The largest absolute Gasteiger partial charge is 0.484 e. The van der Waals surface area contributed by atoms with Crippen molar-refractivity contribution in [3.63, 3.8) is 0 Å². The van der Waals surface area contributed by atoms with Gasteiger partial charge in [-0.2, -0.15) is 0 Å². The number of hydrogen-bond acceptors (Lipinski definition) is 9. The van der Waals surface area contributed by atoms with Crippen LogP contribution in [0.4, 0.5) is 0 Å². The average molecular weight is 574 g/mol. The third kappa shape index (κ3) is 13.2. The third-order valence-electron chi connectivity index (χ3n) is 5.40. The van der Waals surface area contributed by atoms with Crippen LogP contribution in [0.2, 0.25) is 0 Å². The van der Waals surface area contributed by atoms with Gasteiger partial charge < -0.3 is 45.5 Å². The van der Waals surface area contributed by atoms with Gasteiger partial charge in [-0.25, -0.2) is 0 Å². The van der Waals surface area contributed by atoms with Crippen LogP contribution < -0.4 is 30.2 Å². The molecule has 3 atom stereocenters. The summed E-state index contributed by atoms with van der Waals surface area (Å²) in [5.74, 6) is 0.00959. The van der Waals surface area contributed by atoms with E-state index in [1.54, 1.807) is 69.3 Å². The molecular formula is C29H39N3O9. The molecule has 0 spiro atoms. The first-order chi connectivity index (χ1) is 19.6. The van der Waals surface area contributed by atoms with Crippen LogP contribution in [0.15, 0.2) is 42.5 Å². The van der Waals surface area contributed by atoms with Crippen molar-refractivity contribution in [1.82, 2.24) is 16.0 Å². The highest BCUT2D eigenvalue weighted by atomic mass is 16.5. The predicted molar refractivity (Wildman–Crippen MR) is 152 cm³/mol. The quantitative estimate of drug-likeness (QED) is 0.147. The lowest BCUT2D eigenvalue weighted by molar-refractivity contribution is -0.124. The summed E-state index contributed by atoms with van der Waals surface area (Å²) in [7, 11) is 0.